The Morgan fingerprint density at radius 1 is 1.57 bits per heavy atom. The fourth-order valence-corrected chi connectivity index (χ4v) is 1.17. The third kappa shape index (κ3) is 1.71. The van der Waals surface area contributed by atoms with E-state index >= 15 is 0 Å². The predicted octanol–water partition coefficient (Wildman–Crippen LogP) is 2.15. The van der Waals surface area contributed by atoms with Gasteiger partial charge in [0.25, 0.3) is 6.43 Å². The molecule has 0 saturated heterocycles. The van der Waals surface area contributed by atoms with Crippen molar-refractivity contribution in [3.63, 3.8) is 0 Å². The fourth-order valence-electron chi connectivity index (χ4n) is 1.17. The monoisotopic (exact) mass is 201 g/mol. The van der Waals surface area contributed by atoms with Gasteiger partial charge in [0.15, 0.2) is 6.29 Å². The molecule has 3 nitrogen and oxygen atoms in total. The van der Waals surface area contributed by atoms with Crippen molar-refractivity contribution in [2.75, 3.05) is 7.11 Å². The Kier molecular flexibility index (Phi) is 3.11. The Balaban J connectivity index is 3.38. The molecule has 1 aromatic heterocycles. The Labute approximate surface area is 79.7 Å². The number of hydrogen-bond acceptors (Lipinski definition) is 3. The van der Waals surface area contributed by atoms with Crippen LogP contribution in [0.15, 0.2) is 6.20 Å². The van der Waals surface area contributed by atoms with Crippen LogP contribution >= 0.6 is 0 Å². The molecule has 0 aliphatic rings. The summed E-state index contributed by atoms with van der Waals surface area (Å²) in [4.78, 5) is 14.1. The quantitative estimate of drug-likeness (QED) is 0.703. The first-order valence-corrected chi connectivity index (χ1v) is 3.88. The molecule has 1 aromatic rings. The molecule has 76 valence electrons. The molecular formula is C9H9F2NO2. The van der Waals surface area contributed by atoms with Crippen LogP contribution in [0.3, 0.4) is 0 Å². The summed E-state index contributed by atoms with van der Waals surface area (Å²) in [5.41, 5.74) is -0.0972. The van der Waals surface area contributed by atoms with E-state index in [2.05, 4.69) is 4.98 Å². The smallest absolute Gasteiger partial charge is 0.267 e. The minimum absolute atomic E-state index is 0.00287. The molecular weight excluding hydrogens is 192 g/mol. The number of aldehydes is 1. The van der Waals surface area contributed by atoms with Gasteiger partial charge in [-0.25, -0.2) is 13.8 Å². The highest BCUT2D eigenvalue weighted by Crippen LogP contribution is 2.31. The van der Waals surface area contributed by atoms with Crippen LogP contribution in [0.2, 0.25) is 0 Å². The highest BCUT2D eigenvalue weighted by molar-refractivity contribution is 5.75. The van der Waals surface area contributed by atoms with Crippen molar-refractivity contribution in [1.29, 1.82) is 0 Å². The summed E-state index contributed by atoms with van der Waals surface area (Å²) in [6.45, 7) is 1.42. The molecule has 0 aromatic carbocycles. The Hall–Kier alpha value is -1.52. The first-order chi connectivity index (χ1) is 6.61. The van der Waals surface area contributed by atoms with Gasteiger partial charge in [-0.1, -0.05) is 0 Å². The highest BCUT2D eigenvalue weighted by Gasteiger charge is 2.19. The summed E-state index contributed by atoms with van der Waals surface area (Å²) < 4.78 is 29.9. The first-order valence-electron chi connectivity index (χ1n) is 3.88. The van der Waals surface area contributed by atoms with Crippen molar-refractivity contribution in [3.05, 3.63) is 23.0 Å². The van der Waals surface area contributed by atoms with Crippen LogP contribution in [0.1, 0.15) is 28.0 Å². The van der Waals surface area contributed by atoms with Crippen molar-refractivity contribution in [1.82, 2.24) is 4.98 Å². The number of rotatable bonds is 3. The summed E-state index contributed by atoms with van der Waals surface area (Å²) >= 11 is 0. The zero-order chi connectivity index (χ0) is 10.7. The van der Waals surface area contributed by atoms with Crippen molar-refractivity contribution >= 4 is 6.29 Å². The van der Waals surface area contributed by atoms with E-state index in [1.165, 1.54) is 14.0 Å². The topological polar surface area (TPSA) is 39.2 Å². The summed E-state index contributed by atoms with van der Waals surface area (Å²) in [5.74, 6) is 0.00287. The van der Waals surface area contributed by atoms with Crippen LogP contribution in [0.5, 0.6) is 5.75 Å². The Morgan fingerprint density at radius 2 is 2.21 bits per heavy atom. The lowest BCUT2D eigenvalue weighted by atomic mass is 10.1. The molecule has 0 spiro atoms. The van der Waals surface area contributed by atoms with E-state index < -0.39 is 6.43 Å². The van der Waals surface area contributed by atoms with E-state index in [9.17, 15) is 13.6 Å². The molecule has 0 bridgehead atoms. The van der Waals surface area contributed by atoms with Crippen LogP contribution in [-0.2, 0) is 0 Å². The van der Waals surface area contributed by atoms with E-state index in [0.717, 1.165) is 6.20 Å². The molecule has 0 amide bonds. The van der Waals surface area contributed by atoms with Crippen molar-refractivity contribution < 1.29 is 18.3 Å². The van der Waals surface area contributed by atoms with Crippen molar-refractivity contribution in [2.45, 2.75) is 13.3 Å². The number of aromatic nitrogens is 1. The van der Waals surface area contributed by atoms with E-state index in [4.69, 9.17) is 4.74 Å². The molecule has 0 atom stereocenters. The number of methoxy groups -OCH3 is 1. The standard InChI is InChI=1S/C9H9F2NO2/c1-5-6(4-13)12-3-7(14-2)8(5)9(10)11/h3-4,9H,1-2H3. The van der Waals surface area contributed by atoms with E-state index in [1.54, 1.807) is 0 Å². The van der Waals surface area contributed by atoms with E-state index in [1.807, 2.05) is 0 Å². The third-order valence-corrected chi connectivity index (χ3v) is 1.92. The van der Waals surface area contributed by atoms with E-state index in [0.29, 0.717) is 6.29 Å². The average molecular weight is 201 g/mol. The van der Waals surface area contributed by atoms with Gasteiger partial charge in [-0.3, -0.25) is 4.79 Å². The van der Waals surface area contributed by atoms with Gasteiger partial charge >= 0.3 is 0 Å². The number of pyridine rings is 1. The molecule has 0 unspecified atom stereocenters. The molecule has 0 aliphatic carbocycles. The lowest BCUT2D eigenvalue weighted by molar-refractivity contribution is 0.111. The van der Waals surface area contributed by atoms with Crippen LogP contribution in [0.25, 0.3) is 0 Å². The minimum Gasteiger partial charge on any atom is -0.495 e. The predicted molar refractivity (Wildman–Crippen MR) is 45.9 cm³/mol. The number of halogens is 2. The average Bonchev–Trinajstić information content (AvgIpc) is 2.16. The Morgan fingerprint density at radius 3 is 2.64 bits per heavy atom. The summed E-state index contributed by atoms with van der Waals surface area (Å²) in [5, 5.41) is 0. The first kappa shape index (κ1) is 10.6. The van der Waals surface area contributed by atoms with Crippen LogP contribution < -0.4 is 4.74 Å². The maximum Gasteiger partial charge on any atom is 0.267 e. The zero-order valence-electron chi connectivity index (χ0n) is 7.75. The van der Waals surface area contributed by atoms with Gasteiger partial charge < -0.3 is 4.74 Å². The molecule has 5 heteroatoms. The van der Waals surface area contributed by atoms with Crippen LogP contribution in [-0.4, -0.2) is 18.4 Å². The molecule has 14 heavy (non-hydrogen) atoms. The maximum absolute atomic E-state index is 12.6. The van der Waals surface area contributed by atoms with Crippen LogP contribution in [0.4, 0.5) is 8.78 Å². The highest BCUT2D eigenvalue weighted by atomic mass is 19.3. The maximum atomic E-state index is 12.6. The minimum atomic E-state index is -2.67. The van der Waals surface area contributed by atoms with Gasteiger partial charge in [-0.15, -0.1) is 0 Å². The molecule has 0 saturated carbocycles. The van der Waals surface area contributed by atoms with E-state index in [-0.39, 0.29) is 22.6 Å². The van der Waals surface area contributed by atoms with Gasteiger partial charge in [0.1, 0.15) is 11.4 Å². The van der Waals surface area contributed by atoms with Crippen molar-refractivity contribution in [2.24, 2.45) is 0 Å². The fraction of sp³-hybridized carbons (Fsp3) is 0.333. The number of ether oxygens (including phenoxy) is 1. The Bertz CT molecular complexity index is 353. The number of carbonyl (C=O) groups is 1. The SMILES string of the molecule is COc1cnc(C=O)c(C)c1C(F)F. The number of nitrogens with zero attached hydrogens (tertiary/aromatic N) is 1. The van der Waals surface area contributed by atoms with Crippen LogP contribution in [0, 0.1) is 6.92 Å². The van der Waals surface area contributed by atoms with Gasteiger partial charge in [-0.05, 0) is 12.5 Å². The zero-order valence-corrected chi connectivity index (χ0v) is 7.75. The molecule has 1 rings (SSSR count). The number of alkyl halides is 2. The number of hydrogen-bond donors (Lipinski definition) is 0. The molecule has 0 N–H and O–H groups in total. The largest absolute Gasteiger partial charge is 0.495 e. The third-order valence-electron chi connectivity index (χ3n) is 1.92. The summed E-state index contributed by atoms with van der Waals surface area (Å²) in [6.07, 6.45) is -1.11. The second-order valence-corrected chi connectivity index (χ2v) is 2.67. The number of carbonyl (C=O) groups excluding carboxylic acids is 1. The van der Waals surface area contributed by atoms with Gasteiger partial charge in [0.2, 0.25) is 0 Å². The van der Waals surface area contributed by atoms with Crippen molar-refractivity contribution in [3.8, 4) is 5.75 Å². The summed E-state index contributed by atoms with van der Waals surface area (Å²) in [7, 11) is 1.28. The molecule has 0 aliphatic heterocycles. The van der Waals surface area contributed by atoms with Gasteiger partial charge in [0.05, 0.1) is 18.9 Å². The molecule has 1 heterocycles. The molecule has 0 fully saturated rings. The lowest BCUT2D eigenvalue weighted by Gasteiger charge is -2.10. The lowest BCUT2D eigenvalue weighted by Crippen LogP contribution is -2.02. The molecule has 0 radical (unpaired) electrons. The second kappa shape index (κ2) is 4.13. The normalized spacial score (nSPS) is 10.4. The van der Waals surface area contributed by atoms with Gasteiger partial charge in [0, 0.05) is 0 Å². The second-order valence-electron chi connectivity index (χ2n) is 2.67. The summed E-state index contributed by atoms with van der Waals surface area (Å²) in [6, 6.07) is 0. The van der Waals surface area contributed by atoms with Gasteiger partial charge in [-0.2, -0.15) is 0 Å².